The smallest absolute Gasteiger partial charge is 0.134 e. The van der Waals surface area contributed by atoms with Crippen LogP contribution in [0.15, 0.2) is 46.9 Å². The van der Waals surface area contributed by atoms with Gasteiger partial charge in [0, 0.05) is 17.5 Å². The Morgan fingerprint density at radius 1 is 1.10 bits per heavy atom. The first-order valence-corrected chi connectivity index (χ1v) is 7.00. The largest absolute Gasteiger partial charge is 0.461 e. The maximum atomic E-state index is 6.21. The molecule has 0 radical (unpaired) electrons. The Labute approximate surface area is 123 Å². The zero-order valence-corrected chi connectivity index (χ0v) is 12.3. The fourth-order valence-electron chi connectivity index (χ4n) is 2.40. The van der Waals surface area contributed by atoms with E-state index < -0.39 is 0 Å². The van der Waals surface area contributed by atoms with Crippen LogP contribution in [0.1, 0.15) is 16.9 Å². The zero-order valence-electron chi connectivity index (χ0n) is 11.5. The molecule has 0 saturated heterocycles. The van der Waals surface area contributed by atoms with Gasteiger partial charge in [0.15, 0.2) is 0 Å². The number of benzene rings is 2. The predicted molar refractivity (Wildman–Crippen MR) is 84.5 cm³/mol. The van der Waals surface area contributed by atoms with Gasteiger partial charge in [0.25, 0.3) is 0 Å². The summed E-state index contributed by atoms with van der Waals surface area (Å²) < 4.78 is 5.77. The molecule has 0 aliphatic heterocycles. The van der Waals surface area contributed by atoms with Crippen molar-refractivity contribution in [2.45, 2.75) is 20.4 Å². The summed E-state index contributed by atoms with van der Waals surface area (Å²) >= 11 is 6.21. The average molecular weight is 286 g/mol. The number of fused-ring (bicyclic) bond motifs is 1. The highest BCUT2D eigenvalue weighted by molar-refractivity contribution is 6.33. The molecule has 3 heteroatoms. The Kier molecular flexibility index (Phi) is 3.41. The lowest BCUT2D eigenvalue weighted by Gasteiger charge is -2.09. The Hall–Kier alpha value is -1.93. The monoisotopic (exact) mass is 285 g/mol. The van der Waals surface area contributed by atoms with Crippen molar-refractivity contribution in [2.75, 3.05) is 5.32 Å². The van der Waals surface area contributed by atoms with E-state index in [2.05, 4.69) is 24.4 Å². The summed E-state index contributed by atoms with van der Waals surface area (Å²) in [5.74, 6) is 0.947. The van der Waals surface area contributed by atoms with Crippen molar-refractivity contribution in [3.8, 4) is 0 Å². The number of anilines is 1. The highest BCUT2D eigenvalue weighted by Gasteiger charge is 2.10. The molecule has 0 aliphatic rings. The highest BCUT2D eigenvalue weighted by Crippen LogP contribution is 2.28. The second kappa shape index (κ2) is 5.22. The van der Waals surface area contributed by atoms with Crippen LogP contribution in [0.5, 0.6) is 0 Å². The van der Waals surface area contributed by atoms with Gasteiger partial charge in [0.1, 0.15) is 11.3 Å². The van der Waals surface area contributed by atoms with Crippen molar-refractivity contribution in [3.63, 3.8) is 0 Å². The second-order valence-electron chi connectivity index (χ2n) is 4.97. The summed E-state index contributed by atoms with van der Waals surface area (Å²) in [6.07, 6.45) is 0. The molecule has 0 unspecified atom stereocenters. The van der Waals surface area contributed by atoms with Gasteiger partial charge in [-0.15, -0.1) is 0 Å². The SMILES string of the molecule is Cc1ccc(Cl)c(NCc2c(C)oc3ccccc23)c1. The van der Waals surface area contributed by atoms with E-state index in [4.69, 9.17) is 16.0 Å². The molecule has 0 atom stereocenters. The Balaban J connectivity index is 1.90. The van der Waals surface area contributed by atoms with E-state index in [9.17, 15) is 0 Å². The highest BCUT2D eigenvalue weighted by atomic mass is 35.5. The van der Waals surface area contributed by atoms with E-state index >= 15 is 0 Å². The van der Waals surface area contributed by atoms with E-state index in [1.54, 1.807) is 0 Å². The zero-order chi connectivity index (χ0) is 14.1. The third-order valence-corrected chi connectivity index (χ3v) is 3.81. The number of halogens is 1. The molecular formula is C17H16ClNO. The van der Waals surface area contributed by atoms with Crippen LogP contribution in [0, 0.1) is 13.8 Å². The second-order valence-corrected chi connectivity index (χ2v) is 5.38. The molecule has 102 valence electrons. The van der Waals surface area contributed by atoms with Crippen LogP contribution in [-0.4, -0.2) is 0 Å². The van der Waals surface area contributed by atoms with Crippen LogP contribution >= 0.6 is 11.6 Å². The van der Waals surface area contributed by atoms with E-state index in [-0.39, 0.29) is 0 Å². The molecule has 0 bridgehead atoms. The number of hydrogen-bond donors (Lipinski definition) is 1. The quantitative estimate of drug-likeness (QED) is 0.705. The molecule has 1 heterocycles. The topological polar surface area (TPSA) is 25.2 Å². The van der Waals surface area contributed by atoms with Gasteiger partial charge in [-0.3, -0.25) is 0 Å². The fourth-order valence-corrected chi connectivity index (χ4v) is 2.58. The summed E-state index contributed by atoms with van der Waals surface area (Å²) in [6, 6.07) is 14.1. The first-order valence-electron chi connectivity index (χ1n) is 6.62. The van der Waals surface area contributed by atoms with Gasteiger partial charge in [-0.1, -0.05) is 35.9 Å². The van der Waals surface area contributed by atoms with Crippen molar-refractivity contribution >= 4 is 28.3 Å². The molecule has 0 saturated carbocycles. The third kappa shape index (κ3) is 2.39. The summed E-state index contributed by atoms with van der Waals surface area (Å²) in [6.45, 7) is 4.75. The van der Waals surface area contributed by atoms with Gasteiger partial charge in [0.2, 0.25) is 0 Å². The first kappa shape index (κ1) is 13.1. The first-order chi connectivity index (χ1) is 9.65. The number of rotatable bonds is 3. The van der Waals surface area contributed by atoms with Crippen LogP contribution in [0.4, 0.5) is 5.69 Å². The van der Waals surface area contributed by atoms with Crippen LogP contribution in [0.25, 0.3) is 11.0 Å². The van der Waals surface area contributed by atoms with E-state index in [0.717, 1.165) is 27.4 Å². The van der Waals surface area contributed by atoms with Crippen molar-refractivity contribution in [2.24, 2.45) is 0 Å². The molecule has 0 spiro atoms. The molecule has 0 aliphatic carbocycles. The average Bonchev–Trinajstić information content (AvgIpc) is 2.75. The maximum Gasteiger partial charge on any atom is 0.134 e. The molecule has 0 fully saturated rings. The number of para-hydroxylation sites is 1. The van der Waals surface area contributed by atoms with Crippen LogP contribution in [0.2, 0.25) is 5.02 Å². The molecular weight excluding hydrogens is 270 g/mol. The Morgan fingerprint density at radius 3 is 2.75 bits per heavy atom. The fraction of sp³-hybridized carbons (Fsp3) is 0.176. The summed E-state index contributed by atoms with van der Waals surface area (Å²) in [4.78, 5) is 0. The maximum absolute atomic E-state index is 6.21. The Bertz CT molecular complexity index is 761. The van der Waals surface area contributed by atoms with Gasteiger partial charge in [-0.2, -0.15) is 0 Å². The van der Waals surface area contributed by atoms with Gasteiger partial charge >= 0.3 is 0 Å². The van der Waals surface area contributed by atoms with Gasteiger partial charge in [0.05, 0.1) is 10.7 Å². The molecule has 3 aromatic rings. The molecule has 2 aromatic carbocycles. The third-order valence-electron chi connectivity index (χ3n) is 3.48. The number of furan rings is 1. The number of nitrogens with one attached hydrogen (secondary N) is 1. The number of hydrogen-bond acceptors (Lipinski definition) is 2. The molecule has 2 nitrogen and oxygen atoms in total. The molecule has 1 N–H and O–H groups in total. The lowest BCUT2D eigenvalue weighted by Crippen LogP contribution is -2.01. The van der Waals surface area contributed by atoms with E-state index in [1.165, 1.54) is 11.1 Å². The molecule has 0 amide bonds. The molecule has 1 aromatic heterocycles. The standard InChI is InChI=1S/C17H16ClNO/c1-11-7-8-15(18)16(9-11)19-10-14-12(2)20-17-6-4-3-5-13(14)17/h3-9,19H,10H2,1-2H3. The van der Waals surface area contributed by atoms with Crippen molar-refractivity contribution in [1.82, 2.24) is 0 Å². The van der Waals surface area contributed by atoms with Crippen molar-refractivity contribution in [3.05, 3.63) is 64.4 Å². The van der Waals surface area contributed by atoms with E-state index in [1.807, 2.05) is 37.3 Å². The van der Waals surface area contributed by atoms with Gasteiger partial charge in [-0.05, 0) is 37.6 Å². The van der Waals surface area contributed by atoms with Gasteiger partial charge in [-0.25, -0.2) is 0 Å². The van der Waals surface area contributed by atoms with Gasteiger partial charge < -0.3 is 9.73 Å². The lowest BCUT2D eigenvalue weighted by molar-refractivity contribution is 0.573. The minimum absolute atomic E-state index is 0.700. The normalized spacial score (nSPS) is 10.9. The lowest BCUT2D eigenvalue weighted by atomic mass is 10.1. The molecule has 20 heavy (non-hydrogen) atoms. The summed E-state index contributed by atoms with van der Waals surface area (Å²) in [7, 11) is 0. The summed E-state index contributed by atoms with van der Waals surface area (Å²) in [5.41, 5.74) is 4.25. The van der Waals surface area contributed by atoms with Crippen molar-refractivity contribution < 1.29 is 4.42 Å². The molecule has 3 rings (SSSR count). The van der Waals surface area contributed by atoms with Crippen molar-refractivity contribution in [1.29, 1.82) is 0 Å². The predicted octanol–water partition coefficient (Wildman–Crippen LogP) is 5.32. The van der Waals surface area contributed by atoms with Crippen LogP contribution in [0.3, 0.4) is 0 Å². The Morgan fingerprint density at radius 2 is 1.90 bits per heavy atom. The summed E-state index contributed by atoms with van der Waals surface area (Å²) in [5, 5.41) is 5.29. The van der Waals surface area contributed by atoms with Crippen LogP contribution < -0.4 is 5.32 Å². The minimum Gasteiger partial charge on any atom is -0.461 e. The number of aryl methyl sites for hydroxylation is 2. The van der Waals surface area contributed by atoms with E-state index in [0.29, 0.717) is 6.54 Å². The van der Waals surface area contributed by atoms with Crippen LogP contribution in [-0.2, 0) is 6.54 Å². The minimum atomic E-state index is 0.700.